The van der Waals surface area contributed by atoms with Crippen molar-refractivity contribution < 1.29 is 13.8 Å². The van der Waals surface area contributed by atoms with Gasteiger partial charge in [0.2, 0.25) is 11.9 Å². The van der Waals surface area contributed by atoms with E-state index in [0.29, 0.717) is 28.8 Å². The third-order valence-electron chi connectivity index (χ3n) is 7.71. The van der Waals surface area contributed by atoms with E-state index in [-0.39, 0.29) is 35.5 Å². The summed E-state index contributed by atoms with van der Waals surface area (Å²) < 4.78 is 20.4. The van der Waals surface area contributed by atoms with Gasteiger partial charge in [-0.05, 0) is 38.0 Å². The normalized spacial score (nSPS) is 26.1. The fraction of sp³-hybridized carbons (Fsp3) is 0.423. The van der Waals surface area contributed by atoms with Gasteiger partial charge in [0, 0.05) is 60.1 Å². The molecular weight excluding hydrogens is 506 g/mol. The maximum atomic E-state index is 14.0. The van der Waals surface area contributed by atoms with Gasteiger partial charge in [-0.1, -0.05) is 6.08 Å². The molecule has 1 aliphatic carbocycles. The minimum atomic E-state index is -2.58. The highest BCUT2D eigenvalue weighted by atomic mass is 32.2. The number of carbonyl (C=O) groups is 1. The summed E-state index contributed by atoms with van der Waals surface area (Å²) in [5.41, 5.74) is 5.36. The Balaban J connectivity index is 1.59. The van der Waals surface area contributed by atoms with Gasteiger partial charge >= 0.3 is 0 Å². The molecule has 1 amide bonds. The van der Waals surface area contributed by atoms with E-state index >= 15 is 0 Å². The van der Waals surface area contributed by atoms with Crippen LogP contribution in [0.4, 0.5) is 5.95 Å². The predicted molar refractivity (Wildman–Crippen MR) is 146 cm³/mol. The minimum absolute atomic E-state index is 0.0143. The Bertz CT molecular complexity index is 1730. The van der Waals surface area contributed by atoms with Gasteiger partial charge in [-0.3, -0.25) is 23.7 Å². The summed E-state index contributed by atoms with van der Waals surface area (Å²) in [6, 6.07) is 3.60. The zero-order valence-electron chi connectivity index (χ0n) is 22.1. The van der Waals surface area contributed by atoms with E-state index < -0.39 is 9.71 Å². The van der Waals surface area contributed by atoms with Crippen molar-refractivity contribution in [3.8, 4) is 0 Å². The first kappa shape index (κ1) is 24.8. The minimum Gasteiger partial charge on any atom is -0.336 e. The van der Waals surface area contributed by atoms with Crippen LogP contribution in [0.5, 0.6) is 0 Å². The van der Waals surface area contributed by atoms with Crippen LogP contribution in [0.2, 0.25) is 0 Å². The molecule has 1 saturated carbocycles. The zero-order chi connectivity index (χ0) is 27.0. The first-order valence-corrected chi connectivity index (χ1v) is 14.1. The number of anilines is 1. The standard InChI is InChI=1S/C26H31N7O4S/c1-15-8-18(6-7-32(15)16(2)34)20-9-19(38(36)22-11-26(22,3)30-38)10-21-23(20)28-25(29-37-5)33(24(21)35)14-17-12-27-31(4)13-17/h6,9-10,12-13,15H,7-8,11,14H2,1-5H3,(H,28,29)(H,30,36)/t15-,26?,38?/m1/s1. The fourth-order valence-corrected chi connectivity index (χ4v) is 8.59. The highest BCUT2D eigenvalue weighted by Crippen LogP contribution is 2.46. The van der Waals surface area contributed by atoms with E-state index in [9.17, 15) is 13.8 Å². The number of hydrogen-bond acceptors (Lipinski definition) is 7. The number of aryl methyl sites for hydroxylation is 1. The molecule has 11 nitrogen and oxygen atoms in total. The van der Waals surface area contributed by atoms with Gasteiger partial charge in [0.05, 0.1) is 46.0 Å². The maximum absolute atomic E-state index is 14.0. The number of hydrogen-bond donors (Lipinski definition) is 2. The van der Waals surface area contributed by atoms with Crippen LogP contribution in [-0.4, -0.2) is 64.4 Å². The second-order valence-corrected chi connectivity index (χ2v) is 12.8. The molecule has 4 heterocycles. The molecule has 2 aromatic heterocycles. The molecule has 38 heavy (non-hydrogen) atoms. The van der Waals surface area contributed by atoms with Crippen LogP contribution in [0.1, 0.15) is 44.7 Å². The number of aromatic nitrogens is 4. The first-order chi connectivity index (χ1) is 18.0. The van der Waals surface area contributed by atoms with Crippen molar-refractivity contribution in [3.05, 3.63) is 52.1 Å². The molecule has 12 heteroatoms. The Kier molecular flexibility index (Phi) is 5.57. The van der Waals surface area contributed by atoms with E-state index in [1.54, 1.807) is 28.8 Å². The molecule has 0 bridgehead atoms. The SMILES string of the molecule is CONc1nc2c(C3=CCN(C(C)=O)[C@H](C)C3)cc(S3(=O)=C4CC4(C)N3)cc2c(=O)n1Cc1cnn(C)c1. The third kappa shape index (κ3) is 3.77. The fourth-order valence-electron chi connectivity index (χ4n) is 5.64. The van der Waals surface area contributed by atoms with Crippen LogP contribution < -0.4 is 15.8 Å². The van der Waals surface area contributed by atoms with Gasteiger partial charge in [-0.15, -0.1) is 0 Å². The Morgan fingerprint density at radius 3 is 2.74 bits per heavy atom. The van der Waals surface area contributed by atoms with Gasteiger partial charge in [0.25, 0.3) is 5.56 Å². The molecular formula is C26H31N7O4S. The van der Waals surface area contributed by atoms with Crippen molar-refractivity contribution in [2.24, 2.45) is 7.05 Å². The summed E-state index contributed by atoms with van der Waals surface area (Å²) in [5, 5.41) is 4.59. The Hall–Kier alpha value is -3.48. The average molecular weight is 538 g/mol. The van der Waals surface area contributed by atoms with E-state index in [4.69, 9.17) is 9.82 Å². The van der Waals surface area contributed by atoms with Crippen LogP contribution in [0.25, 0.3) is 16.5 Å². The number of benzene rings is 1. The molecule has 2 aliphatic heterocycles. The van der Waals surface area contributed by atoms with Crippen molar-refractivity contribution in [3.63, 3.8) is 0 Å². The molecule has 3 atom stereocenters. The highest BCUT2D eigenvalue weighted by molar-refractivity contribution is 8.03. The Morgan fingerprint density at radius 1 is 1.37 bits per heavy atom. The molecule has 2 N–H and O–H groups in total. The van der Waals surface area contributed by atoms with Crippen molar-refractivity contribution >= 4 is 42.9 Å². The number of carbonyl (C=O) groups excluding carboxylic acids is 1. The second-order valence-electron chi connectivity index (χ2n) is 10.6. The van der Waals surface area contributed by atoms with Crippen molar-refractivity contribution in [1.29, 1.82) is 0 Å². The highest BCUT2D eigenvalue weighted by Gasteiger charge is 2.59. The van der Waals surface area contributed by atoms with Gasteiger partial charge in [0.15, 0.2) is 0 Å². The predicted octanol–water partition coefficient (Wildman–Crippen LogP) is 1.67. The molecule has 200 valence electrons. The molecule has 0 saturated heterocycles. The molecule has 0 radical (unpaired) electrons. The number of nitrogens with one attached hydrogen (secondary N) is 2. The quantitative estimate of drug-likeness (QED) is 0.362. The summed E-state index contributed by atoms with van der Waals surface area (Å²) in [5.74, 6) is 0.271. The van der Waals surface area contributed by atoms with Gasteiger partial charge in [0.1, 0.15) is 0 Å². The molecule has 0 spiro atoms. The van der Waals surface area contributed by atoms with Crippen molar-refractivity contribution in [2.75, 3.05) is 19.1 Å². The average Bonchev–Trinajstić information content (AvgIpc) is 3.22. The van der Waals surface area contributed by atoms with E-state index in [0.717, 1.165) is 28.0 Å². The lowest BCUT2D eigenvalue weighted by Crippen LogP contribution is -2.47. The lowest BCUT2D eigenvalue weighted by molar-refractivity contribution is -0.130. The maximum Gasteiger partial charge on any atom is 0.263 e. The molecule has 1 fully saturated rings. The lowest BCUT2D eigenvalue weighted by atomic mass is 9.93. The number of amides is 1. The van der Waals surface area contributed by atoms with Crippen LogP contribution in [0.15, 0.2) is 40.3 Å². The van der Waals surface area contributed by atoms with Crippen molar-refractivity contribution in [2.45, 2.75) is 56.6 Å². The molecule has 3 aliphatic rings. The number of rotatable bonds is 6. The Morgan fingerprint density at radius 2 is 2.16 bits per heavy atom. The zero-order valence-corrected chi connectivity index (χ0v) is 22.9. The van der Waals surface area contributed by atoms with Gasteiger partial charge < -0.3 is 4.90 Å². The monoisotopic (exact) mass is 537 g/mol. The van der Waals surface area contributed by atoms with Crippen molar-refractivity contribution in [1.82, 2.24) is 29.0 Å². The summed E-state index contributed by atoms with van der Waals surface area (Å²) in [7, 11) is 0.699. The first-order valence-electron chi connectivity index (χ1n) is 12.6. The van der Waals surface area contributed by atoms with E-state index in [1.165, 1.54) is 11.7 Å². The number of nitrogens with zero attached hydrogens (tertiary/aromatic N) is 5. The van der Waals surface area contributed by atoms with Crippen LogP contribution in [0.3, 0.4) is 0 Å². The summed E-state index contributed by atoms with van der Waals surface area (Å²) in [6.45, 7) is 6.31. The topological polar surface area (TPSA) is 123 Å². The van der Waals surface area contributed by atoms with Crippen LogP contribution in [-0.2, 0) is 32.9 Å². The third-order valence-corrected chi connectivity index (χ3v) is 10.6. The van der Waals surface area contributed by atoms with E-state index in [1.807, 2.05) is 39.2 Å². The summed E-state index contributed by atoms with van der Waals surface area (Å²) >= 11 is 0. The van der Waals surface area contributed by atoms with Crippen LogP contribution >= 0.6 is 0 Å². The molecule has 2 unspecified atom stereocenters. The van der Waals surface area contributed by atoms with Gasteiger partial charge in [-0.2, -0.15) is 5.10 Å². The number of fused-ring (bicyclic) bond motifs is 2. The molecule has 6 rings (SSSR count). The largest absolute Gasteiger partial charge is 0.336 e. The Labute approximate surface area is 220 Å². The van der Waals surface area contributed by atoms with Crippen LogP contribution in [0, 0.1) is 0 Å². The summed E-state index contributed by atoms with van der Waals surface area (Å²) in [4.78, 5) is 39.5. The summed E-state index contributed by atoms with van der Waals surface area (Å²) in [6.07, 6.45) is 6.90. The lowest BCUT2D eigenvalue weighted by Gasteiger charge is -2.33. The second kappa shape index (κ2) is 8.52. The smallest absolute Gasteiger partial charge is 0.263 e. The van der Waals surface area contributed by atoms with Gasteiger partial charge in [-0.25, -0.2) is 19.4 Å². The molecule has 3 aromatic rings. The van der Waals surface area contributed by atoms with E-state index in [2.05, 4.69) is 15.3 Å². The molecule has 1 aromatic carbocycles.